The maximum absolute atomic E-state index is 9.23. The maximum atomic E-state index is 9.23. The van der Waals surface area contributed by atoms with Gasteiger partial charge in [0.25, 0.3) is 0 Å². The van der Waals surface area contributed by atoms with E-state index in [2.05, 4.69) is 41.4 Å². The van der Waals surface area contributed by atoms with Gasteiger partial charge in [0, 0.05) is 48.3 Å². The number of halogens is 1. The monoisotopic (exact) mass is 374 g/mol. The minimum absolute atomic E-state index is 0.0924. The fourth-order valence-electron chi connectivity index (χ4n) is 2.69. The second-order valence-electron chi connectivity index (χ2n) is 7.12. The van der Waals surface area contributed by atoms with Gasteiger partial charge >= 0.3 is 0 Å². The van der Waals surface area contributed by atoms with Crippen LogP contribution in [0.3, 0.4) is 0 Å². The summed E-state index contributed by atoms with van der Waals surface area (Å²) in [7, 11) is 0. The molecule has 3 N–H and O–H groups in total. The van der Waals surface area contributed by atoms with Crippen molar-refractivity contribution in [2.75, 3.05) is 23.8 Å². The highest BCUT2D eigenvalue weighted by molar-refractivity contribution is 6.34. The van der Waals surface area contributed by atoms with Crippen LogP contribution in [0.5, 0.6) is 0 Å². The van der Waals surface area contributed by atoms with Crippen molar-refractivity contribution < 1.29 is 5.11 Å². The number of hydrogen-bond donors (Lipinski definition) is 3. The molecule has 0 unspecified atom stereocenters. The second kappa shape index (κ2) is 7.47. The van der Waals surface area contributed by atoms with Gasteiger partial charge in [0.15, 0.2) is 5.82 Å². The Morgan fingerprint density at radius 1 is 1.27 bits per heavy atom. The summed E-state index contributed by atoms with van der Waals surface area (Å²) < 4.78 is 0. The lowest BCUT2D eigenvalue weighted by atomic mass is 10.0. The molecule has 1 aliphatic heterocycles. The van der Waals surface area contributed by atoms with E-state index < -0.39 is 0 Å². The van der Waals surface area contributed by atoms with E-state index in [0.717, 1.165) is 16.9 Å². The summed E-state index contributed by atoms with van der Waals surface area (Å²) >= 11 is 6.62. The summed E-state index contributed by atoms with van der Waals surface area (Å²) in [5.41, 5.74) is 1.75. The molecule has 3 heterocycles. The minimum Gasteiger partial charge on any atom is -0.395 e. The van der Waals surface area contributed by atoms with E-state index >= 15 is 0 Å². The Bertz CT molecular complexity index is 804. The number of β-amino-alcohol motifs (C(OH)–C–C–N with tert-alkyl or cyclic N) is 1. The summed E-state index contributed by atoms with van der Waals surface area (Å²) in [6.07, 6.45) is 8.73. The first-order chi connectivity index (χ1) is 12.4. The minimum atomic E-state index is -0.165. The van der Waals surface area contributed by atoms with Gasteiger partial charge in [0.1, 0.15) is 11.6 Å². The Morgan fingerprint density at radius 2 is 2.08 bits per heavy atom. The first-order valence-electron chi connectivity index (χ1n) is 8.44. The van der Waals surface area contributed by atoms with Crippen molar-refractivity contribution in [1.82, 2.24) is 19.9 Å². The van der Waals surface area contributed by atoms with Crippen molar-refractivity contribution in [2.24, 2.45) is 0 Å². The molecule has 7 nitrogen and oxygen atoms in total. The first kappa shape index (κ1) is 18.4. The number of hydrogen-bond acceptors (Lipinski definition) is 7. The lowest BCUT2D eigenvalue weighted by molar-refractivity contribution is 0.232. The lowest BCUT2D eigenvalue weighted by Crippen LogP contribution is -2.30. The second-order valence-corrected chi connectivity index (χ2v) is 7.49. The molecule has 8 heteroatoms. The Labute approximate surface area is 158 Å². The topological polar surface area (TPSA) is 86.2 Å². The van der Waals surface area contributed by atoms with Crippen molar-refractivity contribution in [2.45, 2.75) is 32.9 Å². The van der Waals surface area contributed by atoms with Crippen LogP contribution in [-0.4, -0.2) is 43.6 Å². The number of fused-ring (bicyclic) bond motifs is 1. The summed E-state index contributed by atoms with van der Waals surface area (Å²) in [5.74, 6) is 1.86. The molecule has 0 bridgehead atoms. The molecule has 0 amide bonds. The zero-order valence-electron chi connectivity index (χ0n) is 15.1. The van der Waals surface area contributed by atoms with Gasteiger partial charge in [0.2, 0.25) is 0 Å². The molecule has 0 radical (unpaired) electrons. The Balaban J connectivity index is 2.04. The van der Waals surface area contributed by atoms with Gasteiger partial charge in [-0.25, -0.2) is 9.97 Å². The molecular formula is C18H23ClN6O. The molecular weight excluding hydrogens is 352 g/mol. The molecule has 0 saturated carbocycles. The number of anilines is 3. The quantitative estimate of drug-likeness (QED) is 0.740. The maximum Gasteiger partial charge on any atom is 0.153 e. The van der Waals surface area contributed by atoms with Crippen LogP contribution in [0.1, 0.15) is 31.9 Å². The van der Waals surface area contributed by atoms with Gasteiger partial charge in [-0.15, -0.1) is 0 Å². The van der Waals surface area contributed by atoms with E-state index in [1.807, 2.05) is 17.2 Å². The van der Waals surface area contributed by atoms with E-state index in [1.165, 1.54) is 0 Å². The van der Waals surface area contributed by atoms with Gasteiger partial charge < -0.3 is 20.6 Å². The number of pyridine rings is 1. The third-order valence-corrected chi connectivity index (χ3v) is 4.17. The highest BCUT2D eigenvalue weighted by Crippen LogP contribution is 2.37. The van der Waals surface area contributed by atoms with E-state index in [4.69, 9.17) is 16.6 Å². The first-order valence-corrected chi connectivity index (χ1v) is 8.82. The van der Waals surface area contributed by atoms with Crippen LogP contribution < -0.4 is 10.6 Å². The Hall–Kier alpha value is -2.38. The standard InChI is InChI=1S/C18H23ClN6O/c1-18(2,3)24-16-13-11-25(8-9-26)7-4-12(13)15(19)17(23-16)22-14-10-20-5-6-21-14/h4-7,10,26H,8-9,11H2,1-3H3,(H2,21,22,23,24). The van der Waals surface area contributed by atoms with Gasteiger partial charge in [0.05, 0.1) is 17.8 Å². The molecule has 138 valence electrons. The average molecular weight is 375 g/mol. The van der Waals surface area contributed by atoms with Crippen molar-refractivity contribution in [3.8, 4) is 0 Å². The SMILES string of the molecule is CC(C)(C)Nc1nc(Nc2cnccn2)c(Cl)c2c1CN(CCO)C=C2. The highest BCUT2D eigenvalue weighted by atomic mass is 35.5. The summed E-state index contributed by atoms with van der Waals surface area (Å²) in [4.78, 5) is 15.0. The molecule has 2 aromatic rings. The number of aliphatic hydroxyl groups is 1. The number of rotatable bonds is 5. The number of nitrogens with one attached hydrogen (secondary N) is 2. The molecule has 0 fully saturated rings. The molecule has 0 saturated heterocycles. The van der Waals surface area contributed by atoms with E-state index in [9.17, 15) is 5.11 Å². The van der Waals surface area contributed by atoms with Gasteiger partial charge in [-0.3, -0.25) is 4.98 Å². The third-order valence-electron chi connectivity index (χ3n) is 3.78. The Kier molecular flexibility index (Phi) is 5.29. The molecule has 0 aliphatic carbocycles. The molecule has 0 atom stereocenters. The van der Waals surface area contributed by atoms with E-state index in [1.54, 1.807) is 18.6 Å². The van der Waals surface area contributed by atoms with Crippen molar-refractivity contribution in [3.63, 3.8) is 0 Å². The smallest absolute Gasteiger partial charge is 0.153 e. The van der Waals surface area contributed by atoms with Crippen LogP contribution in [0, 0.1) is 0 Å². The third kappa shape index (κ3) is 4.23. The molecule has 26 heavy (non-hydrogen) atoms. The molecule has 1 aliphatic rings. The lowest BCUT2D eigenvalue weighted by Gasteiger charge is -2.30. The molecule has 0 aromatic carbocycles. The summed E-state index contributed by atoms with van der Waals surface area (Å²) in [6.45, 7) is 7.51. The number of aromatic nitrogens is 3. The largest absolute Gasteiger partial charge is 0.395 e. The van der Waals surface area contributed by atoms with Crippen LogP contribution in [0.2, 0.25) is 5.02 Å². The fraction of sp³-hybridized carbons (Fsp3) is 0.389. The summed E-state index contributed by atoms with van der Waals surface area (Å²) in [5, 5.41) is 16.4. The van der Waals surface area contributed by atoms with Crippen LogP contribution in [0.15, 0.2) is 24.8 Å². The van der Waals surface area contributed by atoms with Crippen LogP contribution in [0.25, 0.3) is 6.08 Å². The predicted molar refractivity (Wildman–Crippen MR) is 104 cm³/mol. The zero-order valence-corrected chi connectivity index (χ0v) is 15.9. The van der Waals surface area contributed by atoms with Gasteiger partial charge in [-0.1, -0.05) is 11.6 Å². The summed E-state index contributed by atoms with van der Waals surface area (Å²) in [6, 6.07) is 0. The van der Waals surface area contributed by atoms with Crippen LogP contribution >= 0.6 is 11.6 Å². The average Bonchev–Trinajstić information content (AvgIpc) is 2.59. The van der Waals surface area contributed by atoms with Gasteiger partial charge in [-0.2, -0.15) is 0 Å². The Morgan fingerprint density at radius 3 is 2.73 bits per heavy atom. The normalized spacial score (nSPS) is 13.5. The highest BCUT2D eigenvalue weighted by Gasteiger charge is 2.24. The predicted octanol–water partition coefficient (Wildman–Crippen LogP) is 3.26. The molecule has 0 spiro atoms. The fourth-order valence-corrected chi connectivity index (χ4v) is 2.96. The van der Waals surface area contributed by atoms with E-state index in [0.29, 0.717) is 29.7 Å². The van der Waals surface area contributed by atoms with Gasteiger partial charge in [-0.05, 0) is 26.8 Å². The van der Waals surface area contributed by atoms with Crippen molar-refractivity contribution in [3.05, 3.63) is 40.9 Å². The number of aliphatic hydroxyl groups excluding tert-OH is 1. The number of nitrogens with zero attached hydrogens (tertiary/aromatic N) is 4. The van der Waals surface area contributed by atoms with Crippen LogP contribution in [0.4, 0.5) is 17.5 Å². The van der Waals surface area contributed by atoms with Crippen LogP contribution in [-0.2, 0) is 6.54 Å². The van der Waals surface area contributed by atoms with E-state index in [-0.39, 0.29) is 12.1 Å². The van der Waals surface area contributed by atoms with Crippen molar-refractivity contribution in [1.29, 1.82) is 0 Å². The molecule has 2 aromatic heterocycles. The molecule has 3 rings (SSSR count). The van der Waals surface area contributed by atoms with Crippen molar-refractivity contribution >= 4 is 35.1 Å². The zero-order chi connectivity index (χ0) is 18.7.